The number of rotatable bonds is 4. The van der Waals surface area contributed by atoms with E-state index in [9.17, 15) is 17.2 Å². The molecule has 1 aromatic carbocycles. The molecule has 1 aromatic rings. The zero-order chi connectivity index (χ0) is 14.9. The Balaban J connectivity index is 2.15. The van der Waals surface area contributed by atoms with Crippen LogP contribution >= 0.6 is 15.9 Å². The van der Waals surface area contributed by atoms with Crippen molar-refractivity contribution in [2.24, 2.45) is 11.8 Å². The second kappa shape index (κ2) is 6.07. The van der Waals surface area contributed by atoms with Gasteiger partial charge in [0.15, 0.2) is 0 Å². The summed E-state index contributed by atoms with van der Waals surface area (Å²) in [5.74, 6) is -1.04. The molecule has 0 aliphatic heterocycles. The monoisotopic (exact) mass is 367 g/mol. The predicted molar refractivity (Wildman–Crippen MR) is 75.8 cm³/mol. The summed E-state index contributed by atoms with van der Waals surface area (Å²) >= 11 is 2.90. The van der Waals surface area contributed by atoms with E-state index in [1.165, 1.54) is 0 Å². The van der Waals surface area contributed by atoms with E-state index < -0.39 is 26.6 Å². The molecule has 0 heterocycles. The molecule has 1 aliphatic carbocycles. The highest BCUT2D eigenvalue weighted by Gasteiger charge is 2.27. The third-order valence-electron chi connectivity index (χ3n) is 3.60. The molecule has 1 aliphatic rings. The Hall–Kier alpha value is -0.530. The Morgan fingerprint density at radius 1 is 1.35 bits per heavy atom. The third kappa shape index (κ3) is 3.56. The number of hydrogen-bond acceptors (Lipinski definition) is 2. The number of halogens is 3. The highest BCUT2D eigenvalue weighted by molar-refractivity contribution is 9.10. The molecule has 3 nitrogen and oxygen atoms in total. The van der Waals surface area contributed by atoms with Gasteiger partial charge in [0.2, 0.25) is 10.0 Å². The minimum atomic E-state index is -3.98. The summed E-state index contributed by atoms with van der Waals surface area (Å²) in [6, 6.07) is 1.51. The van der Waals surface area contributed by atoms with Crippen molar-refractivity contribution >= 4 is 26.0 Å². The molecule has 0 saturated heterocycles. The molecule has 1 fully saturated rings. The fourth-order valence-corrected chi connectivity index (χ4v) is 4.87. The molecule has 7 heteroatoms. The lowest BCUT2D eigenvalue weighted by Gasteiger charge is -2.13. The molecule has 20 heavy (non-hydrogen) atoms. The van der Waals surface area contributed by atoms with E-state index in [0.29, 0.717) is 12.0 Å². The molecule has 2 rings (SSSR count). The van der Waals surface area contributed by atoms with E-state index in [4.69, 9.17) is 0 Å². The Morgan fingerprint density at radius 2 is 2.05 bits per heavy atom. The lowest BCUT2D eigenvalue weighted by atomic mass is 10.1. The van der Waals surface area contributed by atoms with Crippen LogP contribution in [0.1, 0.15) is 26.2 Å². The molecular formula is C13H16BrF2NO2S. The zero-order valence-corrected chi connectivity index (χ0v) is 13.4. The van der Waals surface area contributed by atoms with E-state index in [0.717, 1.165) is 25.3 Å². The Bertz CT molecular complexity index is 583. The highest BCUT2D eigenvalue weighted by Crippen LogP contribution is 2.31. The largest absolute Gasteiger partial charge is 0.244 e. The van der Waals surface area contributed by atoms with Crippen molar-refractivity contribution in [2.45, 2.75) is 31.1 Å². The average Bonchev–Trinajstić information content (AvgIpc) is 2.71. The van der Waals surface area contributed by atoms with Crippen molar-refractivity contribution in [2.75, 3.05) is 6.54 Å². The van der Waals surface area contributed by atoms with Gasteiger partial charge in [0.05, 0.1) is 0 Å². The first-order chi connectivity index (χ1) is 9.29. The average molecular weight is 368 g/mol. The van der Waals surface area contributed by atoms with E-state index in [1.54, 1.807) is 0 Å². The first-order valence-electron chi connectivity index (χ1n) is 6.44. The standard InChI is InChI=1S/C13H16BrF2NO2S/c1-8-2-3-9(4-8)7-17-20(18,19)13-11(14)5-10(15)6-12(13)16/h5-6,8-9,17H,2-4,7H2,1H3. The summed E-state index contributed by atoms with van der Waals surface area (Å²) in [7, 11) is -3.98. The molecule has 1 saturated carbocycles. The SMILES string of the molecule is CC1CCC(CNS(=O)(=O)c2c(F)cc(F)cc2Br)C1. The topological polar surface area (TPSA) is 46.2 Å². The first kappa shape index (κ1) is 15.9. The molecule has 2 atom stereocenters. The maximum Gasteiger partial charge on any atom is 0.244 e. The highest BCUT2D eigenvalue weighted by atomic mass is 79.9. The second-order valence-corrected chi connectivity index (χ2v) is 7.89. The molecular weight excluding hydrogens is 352 g/mol. The fourth-order valence-electron chi connectivity index (χ4n) is 2.60. The van der Waals surface area contributed by atoms with Gasteiger partial charge < -0.3 is 0 Å². The van der Waals surface area contributed by atoms with Gasteiger partial charge in [-0.3, -0.25) is 0 Å². The van der Waals surface area contributed by atoms with E-state index in [1.807, 2.05) is 0 Å². The smallest absolute Gasteiger partial charge is 0.211 e. The van der Waals surface area contributed by atoms with Gasteiger partial charge in [-0.1, -0.05) is 13.3 Å². The molecule has 2 unspecified atom stereocenters. The summed E-state index contributed by atoms with van der Waals surface area (Å²) in [5.41, 5.74) is 0. The number of hydrogen-bond donors (Lipinski definition) is 1. The minimum absolute atomic E-state index is 0.109. The van der Waals surface area contributed by atoms with Gasteiger partial charge >= 0.3 is 0 Å². The van der Waals surface area contributed by atoms with Crippen LogP contribution in [0.25, 0.3) is 0 Å². The van der Waals surface area contributed by atoms with Crippen LogP contribution in [0.5, 0.6) is 0 Å². The Labute approximate surface area is 125 Å². The molecule has 112 valence electrons. The summed E-state index contributed by atoms with van der Waals surface area (Å²) in [4.78, 5) is -0.537. The molecule has 0 amide bonds. The summed E-state index contributed by atoms with van der Waals surface area (Å²) in [6.45, 7) is 2.42. The quantitative estimate of drug-likeness (QED) is 0.885. The number of sulfonamides is 1. The van der Waals surface area contributed by atoms with Gasteiger partial charge in [-0.2, -0.15) is 0 Å². The summed E-state index contributed by atoms with van der Waals surface area (Å²) in [5, 5.41) is 0. The zero-order valence-electron chi connectivity index (χ0n) is 11.0. The van der Waals surface area contributed by atoms with E-state index in [-0.39, 0.29) is 16.9 Å². The first-order valence-corrected chi connectivity index (χ1v) is 8.71. The van der Waals surface area contributed by atoms with Crippen LogP contribution < -0.4 is 4.72 Å². The lowest BCUT2D eigenvalue weighted by Crippen LogP contribution is -2.29. The van der Waals surface area contributed by atoms with Gasteiger partial charge in [0, 0.05) is 17.1 Å². The van der Waals surface area contributed by atoms with Crippen molar-refractivity contribution in [3.8, 4) is 0 Å². The third-order valence-corrected chi connectivity index (χ3v) is 5.98. The maximum absolute atomic E-state index is 13.7. The van der Waals surface area contributed by atoms with Crippen molar-refractivity contribution in [3.63, 3.8) is 0 Å². The van der Waals surface area contributed by atoms with Crippen LogP contribution in [0, 0.1) is 23.5 Å². The fraction of sp³-hybridized carbons (Fsp3) is 0.538. The van der Waals surface area contributed by atoms with Gasteiger partial charge in [-0.15, -0.1) is 0 Å². The number of nitrogens with one attached hydrogen (secondary N) is 1. The predicted octanol–water partition coefficient (Wildman–Crippen LogP) is 3.44. The van der Waals surface area contributed by atoms with Crippen molar-refractivity contribution in [1.82, 2.24) is 4.72 Å². The Kier molecular flexibility index (Phi) is 4.81. The van der Waals surface area contributed by atoms with Crippen LogP contribution in [-0.4, -0.2) is 15.0 Å². The van der Waals surface area contributed by atoms with Crippen molar-refractivity contribution in [1.29, 1.82) is 0 Å². The molecule has 0 spiro atoms. The van der Waals surface area contributed by atoms with E-state index in [2.05, 4.69) is 27.6 Å². The summed E-state index contributed by atoms with van der Waals surface area (Å²) in [6.07, 6.45) is 3.02. The number of benzene rings is 1. The van der Waals surface area contributed by atoms with Gasteiger partial charge in [0.1, 0.15) is 16.5 Å². The van der Waals surface area contributed by atoms with Crippen LogP contribution in [0.4, 0.5) is 8.78 Å². The van der Waals surface area contributed by atoms with Gasteiger partial charge in [-0.25, -0.2) is 21.9 Å². The Morgan fingerprint density at radius 3 is 2.60 bits per heavy atom. The maximum atomic E-state index is 13.7. The van der Waals surface area contributed by atoms with Crippen LogP contribution in [0.15, 0.2) is 21.5 Å². The van der Waals surface area contributed by atoms with E-state index >= 15 is 0 Å². The van der Waals surface area contributed by atoms with Crippen molar-refractivity contribution < 1.29 is 17.2 Å². The van der Waals surface area contributed by atoms with Crippen LogP contribution in [0.3, 0.4) is 0 Å². The molecule has 0 radical (unpaired) electrons. The molecule has 0 aromatic heterocycles. The molecule has 0 bridgehead atoms. The second-order valence-electron chi connectivity index (χ2n) is 5.33. The van der Waals surface area contributed by atoms with Crippen LogP contribution in [-0.2, 0) is 10.0 Å². The van der Waals surface area contributed by atoms with Crippen LogP contribution in [0.2, 0.25) is 0 Å². The van der Waals surface area contributed by atoms with Gasteiger partial charge in [0.25, 0.3) is 0 Å². The molecule has 1 N–H and O–H groups in total. The van der Waals surface area contributed by atoms with Gasteiger partial charge in [-0.05, 0) is 46.7 Å². The normalized spacial score (nSPS) is 23.2. The lowest BCUT2D eigenvalue weighted by molar-refractivity contribution is 0.494. The van der Waals surface area contributed by atoms with Crippen molar-refractivity contribution in [3.05, 3.63) is 28.2 Å². The summed E-state index contributed by atoms with van der Waals surface area (Å²) < 4.78 is 53.2. The minimum Gasteiger partial charge on any atom is -0.211 e.